The van der Waals surface area contributed by atoms with E-state index in [-0.39, 0.29) is 12.5 Å². The van der Waals surface area contributed by atoms with Gasteiger partial charge in [-0.3, -0.25) is 4.79 Å². The van der Waals surface area contributed by atoms with E-state index >= 15 is 0 Å². The van der Waals surface area contributed by atoms with Crippen molar-refractivity contribution in [1.82, 2.24) is 9.88 Å². The summed E-state index contributed by atoms with van der Waals surface area (Å²) in [5, 5.41) is 0. The van der Waals surface area contributed by atoms with E-state index in [0.29, 0.717) is 19.8 Å². The maximum absolute atomic E-state index is 11.7. The van der Waals surface area contributed by atoms with Crippen LogP contribution in [0.5, 0.6) is 0 Å². The highest BCUT2D eigenvalue weighted by atomic mass is 32.1. The van der Waals surface area contributed by atoms with Crippen LogP contribution in [0.4, 0.5) is 0 Å². The average Bonchev–Trinajstić information content (AvgIpc) is 2.70. The van der Waals surface area contributed by atoms with Crippen LogP contribution >= 0.6 is 11.3 Å². The van der Waals surface area contributed by atoms with Crippen molar-refractivity contribution < 1.29 is 14.3 Å². The molecule has 17 heavy (non-hydrogen) atoms. The molecule has 0 saturated carbocycles. The van der Waals surface area contributed by atoms with Gasteiger partial charge in [-0.2, -0.15) is 0 Å². The Bertz CT molecular complexity index is 354. The molecule has 0 unspecified atom stereocenters. The van der Waals surface area contributed by atoms with Gasteiger partial charge in [0.15, 0.2) is 0 Å². The lowest BCUT2D eigenvalue weighted by Crippen LogP contribution is -2.30. The van der Waals surface area contributed by atoms with E-state index in [2.05, 4.69) is 4.98 Å². The second kappa shape index (κ2) is 7.37. The van der Waals surface area contributed by atoms with Crippen molar-refractivity contribution in [2.75, 3.05) is 34.0 Å². The summed E-state index contributed by atoms with van der Waals surface area (Å²) in [6.45, 7) is 3.57. The Labute approximate surface area is 105 Å². The van der Waals surface area contributed by atoms with Gasteiger partial charge in [0.1, 0.15) is 6.61 Å². The van der Waals surface area contributed by atoms with E-state index < -0.39 is 0 Å². The van der Waals surface area contributed by atoms with E-state index in [4.69, 9.17) is 9.47 Å². The average molecular weight is 258 g/mol. The van der Waals surface area contributed by atoms with Crippen LogP contribution < -0.4 is 0 Å². The number of amides is 1. The van der Waals surface area contributed by atoms with Crippen molar-refractivity contribution in [3.8, 4) is 0 Å². The molecule has 1 rings (SSSR count). The van der Waals surface area contributed by atoms with Gasteiger partial charge in [0.05, 0.1) is 31.0 Å². The fraction of sp³-hybridized carbons (Fsp3) is 0.636. The van der Waals surface area contributed by atoms with Gasteiger partial charge in [-0.15, -0.1) is 11.3 Å². The van der Waals surface area contributed by atoms with Gasteiger partial charge in [-0.05, 0) is 6.92 Å². The SMILES string of the molecule is COCCOCC(=O)N(C)Cc1scnc1C. The van der Waals surface area contributed by atoms with Crippen molar-refractivity contribution >= 4 is 17.2 Å². The number of thiazole rings is 1. The maximum Gasteiger partial charge on any atom is 0.248 e. The van der Waals surface area contributed by atoms with Crippen molar-refractivity contribution in [1.29, 1.82) is 0 Å². The summed E-state index contributed by atoms with van der Waals surface area (Å²) in [5.41, 5.74) is 2.77. The molecule has 6 heteroatoms. The van der Waals surface area contributed by atoms with Crippen molar-refractivity contribution in [3.63, 3.8) is 0 Å². The molecule has 0 aliphatic carbocycles. The number of methoxy groups -OCH3 is 1. The molecule has 0 radical (unpaired) electrons. The highest BCUT2D eigenvalue weighted by molar-refractivity contribution is 7.09. The number of ether oxygens (including phenoxy) is 2. The summed E-state index contributed by atoms with van der Waals surface area (Å²) >= 11 is 1.56. The second-order valence-electron chi connectivity index (χ2n) is 3.66. The van der Waals surface area contributed by atoms with Gasteiger partial charge in [-0.25, -0.2) is 4.98 Å². The minimum atomic E-state index is -0.0334. The third-order valence-electron chi connectivity index (χ3n) is 2.31. The number of likely N-dealkylation sites (N-methyl/N-ethyl adjacent to an activating group) is 1. The third kappa shape index (κ3) is 4.80. The van der Waals surface area contributed by atoms with Crippen LogP contribution in [-0.4, -0.2) is 49.8 Å². The van der Waals surface area contributed by atoms with E-state index in [9.17, 15) is 4.79 Å². The maximum atomic E-state index is 11.7. The summed E-state index contributed by atoms with van der Waals surface area (Å²) in [5.74, 6) is -0.0334. The van der Waals surface area contributed by atoms with Gasteiger partial charge in [0, 0.05) is 19.0 Å². The number of rotatable bonds is 7. The number of hydrogen-bond acceptors (Lipinski definition) is 5. The lowest BCUT2D eigenvalue weighted by Gasteiger charge is -2.16. The van der Waals surface area contributed by atoms with Crippen LogP contribution in [-0.2, 0) is 20.8 Å². The fourth-order valence-electron chi connectivity index (χ4n) is 1.19. The van der Waals surface area contributed by atoms with Gasteiger partial charge in [-0.1, -0.05) is 0 Å². The number of nitrogens with zero attached hydrogens (tertiary/aromatic N) is 2. The van der Waals surface area contributed by atoms with E-state index in [0.717, 1.165) is 10.6 Å². The van der Waals surface area contributed by atoms with Gasteiger partial charge in [0.2, 0.25) is 5.91 Å². The zero-order valence-corrected chi connectivity index (χ0v) is 11.2. The molecule has 5 nitrogen and oxygen atoms in total. The third-order valence-corrected chi connectivity index (χ3v) is 3.23. The Morgan fingerprint density at radius 2 is 2.29 bits per heavy atom. The normalized spacial score (nSPS) is 10.5. The summed E-state index contributed by atoms with van der Waals surface area (Å²) in [6, 6.07) is 0. The molecular weight excluding hydrogens is 240 g/mol. The first-order chi connectivity index (χ1) is 8.15. The molecule has 96 valence electrons. The Morgan fingerprint density at radius 1 is 1.53 bits per heavy atom. The molecule has 1 aromatic rings. The fourth-order valence-corrected chi connectivity index (χ4v) is 2.02. The minimum Gasteiger partial charge on any atom is -0.382 e. The topological polar surface area (TPSA) is 51.7 Å². The van der Waals surface area contributed by atoms with Crippen LogP contribution in [0.1, 0.15) is 10.6 Å². The predicted molar refractivity (Wildman–Crippen MR) is 66.0 cm³/mol. The highest BCUT2D eigenvalue weighted by Gasteiger charge is 2.11. The summed E-state index contributed by atoms with van der Waals surface area (Å²) in [7, 11) is 3.37. The number of carbonyl (C=O) groups excluding carboxylic acids is 1. The molecule has 0 spiro atoms. The molecule has 0 aliphatic rings. The number of aryl methyl sites for hydroxylation is 1. The van der Waals surface area contributed by atoms with Crippen LogP contribution in [0.3, 0.4) is 0 Å². The lowest BCUT2D eigenvalue weighted by molar-refractivity contribution is -0.135. The molecule has 0 N–H and O–H groups in total. The molecule has 0 aromatic carbocycles. The number of hydrogen-bond donors (Lipinski definition) is 0. The molecule has 1 amide bonds. The number of aromatic nitrogens is 1. The zero-order valence-electron chi connectivity index (χ0n) is 10.4. The van der Waals surface area contributed by atoms with E-state index in [1.165, 1.54) is 0 Å². The van der Waals surface area contributed by atoms with E-state index in [1.807, 2.05) is 6.92 Å². The van der Waals surface area contributed by atoms with Crippen LogP contribution in [0.15, 0.2) is 5.51 Å². The smallest absolute Gasteiger partial charge is 0.248 e. The van der Waals surface area contributed by atoms with Crippen molar-refractivity contribution in [3.05, 3.63) is 16.1 Å². The quantitative estimate of drug-likeness (QED) is 0.687. The first kappa shape index (κ1) is 14.1. The molecule has 0 bridgehead atoms. The van der Waals surface area contributed by atoms with Crippen LogP contribution in [0.25, 0.3) is 0 Å². The number of carbonyl (C=O) groups is 1. The Balaban J connectivity index is 2.30. The van der Waals surface area contributed by atoms with E-state index in [1.54, 1.807) is 35.9 Å². The van der Waals surface area contributed by atoms with Gasteiger partial charge >= 0.3 is 0 Å². The highest BCUT2D eigenvalue weighted by Crippen LogP contribution is 2.14. The van der Waals surface area contributed by atoms with Gasteiger partial charge < -0.3 is 14.4 Å². The van der Waals surface area contributed by atoms with Crippen molar-refractivity contribution in [2.24, 2.45) is 0 Å². The molecular formula is C11H18N2O3S. The Hall–Kier alpha value is -0.980. The first-order valence-electron chi connectivity index (χ1n) is 5.34. The molecule has 0 saturated heterocycles. The van der Waals surface area contributed by atoms with Crippen LogP contribution in [0, 0.1) is 6.92 Å². The lowest BCUT2D eigenvalue weighted by atomic mass is 10.3. The van der Waals surface area contributed by atoms with Gasteiger partial charge in [0.25, 0.3) is 0 Å². The molecule has 1 heterocycles. The summed E-state index contributed by atoms with van der Waals surface area (Å²) in [4.78, 5) is 18.6. The zero-order chi connectivity index (χ0) is 12.7. The predicted octanol–water partition coefficient (Wildman–Crippen LogP) is 1.07. The Morgan fingerprint density at radius 3 is 2.88 bits per heavy atom. The monoisotopic (exact) mass is 258 g/mol. The second-order valence-corrected chi connectivity index (χ2v) is 4.60. The summed E-state index contributed by atoms with van der Waals surface area (Å²) < 4.78 is 10.0. The van der Waals surface area contributed by atoms with Crippen LogP contribution in [0.2, 0.25) is 0 Å². The molecule has 0 aliphatic heterocycles. The van der Waals surface area contributed by atoms with Crippen molar-refractivity contribution in [2.45, 2.75) is 13.5 Å². The largest absolute Gasteiger partial charge is 0.382 e. The minimum absolute atomic E-state index is 0.0334. The molecule has 0 atom stereocenters. The molecule has 1 aromatic heterocycles. The first-order valence-corrected chi connectivity index (χ1v) is 6.22. The Kier molecular flexibility index (Phi) is 6.10. The standard InChI is InChI=1S/C11H18N2O3S/c1-9-10(17-8-12-9)6-13(2)11(14)7-16-5-4-15-3/h8H,4-7H2,1-3H3. The summed E-state index contributed by atoms with van der Waals surface area (Å²) in [6.07, 6.45) is 0. The molecule has 0 fully saturated rings.